The lowest BCUT2D eigenvalue weighted by Crippen LogP contribution is -2.51. The van der Waals surface area contributed by atoms with Crippen molar-refractivity contribution in [1.29, 1.82) is 0 Å². The molecule has 1 aromatic rings. The Morgan fingerprint density at radius 1 is 1.17 bits per heavy atom. The van der Waals surface area contributed by atoms with Gasteiger partial charge in [-0.3, -0.25) is 4.79 Å². The number of sulfonamides is 1. The van der Waals surface area contributed by atoms with Crippen molar-refractivity contribution < 1.29 is 13.2 Å². The average Bonchev–Trinajstić information content (AvgIpc) is 2.54. The van der Waals surface area contributed by atoms with Crippen LogP contribution in [0.5, 0.6) is 0 Å². The molecule has 1 atom stereocenters. The van der Waals surface area contributed by atoms with Gasteiger partial charge in [-0.05, 0) is 24.1 Å². The second-order valence-electron chi connectivity index (χ2n) is 6.00. The molecule has 0 radical (unpaired) electrons. The van der Waals surface area contributed by atoms with E-state index < -0.39 is 10.0 Å². The van der Waals surface area contributed by atoms with Gasteiger partial charge >= 0.3 is 0 Å². The van der Waals surface area contributed by atoms with Crippen LogP contribution in [0.25, 0.3) is 0 Å². The van der Waals surface area contributed by atoms with E-state index in [0.29, 0.717) is 42.6 Å². The smallest absolute Gasteiger partial charge is 0.230 e. The van der Waals surface area contributed by atoms with E-state index in [2.05, 4.69) is 0 Å². The lowest BCUT2D eigenvalue weighted by atomic mass is 9.93. The standard InChI is InChI=1S/C16H22Cl2N2O3S/c1-3-4-13(12-5-6-14(17)15(18)11-12)16(21)19-7-9-20(10-8-19)24(2,22)23/h5-6,11,13H,3-4,7-10H2,1-2H3. The fourth-order valence-electron chi connectivity index (χ4n) is 2.91. The van der Waals surface area contributed by atoms with Gasteiger partial charge in [0.05, 0.1) is 22.2 Å². The number of carbonyl (C=O) groups is 1. The van der Waals surface area contributed by atoms with Crippen molar-refractivity contribution in [3.8, 4) is 0 Å². The Morgan fingerprint density at radius 2 is 1.79 bits per heavy atom. The van der Waals surface area contributed by atoms with Crippen molar-refractivity contribution in [2.24, 2.45) is 0 Å². The Morgan fingerprint density at radius 3 is 2.29 bits per heavy atom. The predicted molar refractivity (Wildman–Crippen MR) is 97.1 cm³/mol. The van der Waals surface area contributed by atoms with E-state index in [0.717, 1.165) is 12.0 Å². The van der Waals surface area contributed by atoms with Crippen molar-refractivity contribution >= 4 is 39.1 Å². The molecule has 1 saturated heterocycles. The third kappa shape index (κ3) is 4.63. The van der Waals surface area contributed by atoms with Crippen LogP contribution >= 0.6 is 23.2 Å². The van der Waals surface area contributed by atoms with E-state index in [4.69, 9.17) is 23.2 Å². The molecule has 8 heteroatoms. The third-order valence-corrected chi connectivity index (χ3v) is 6.28. The molecule has 1 aromatic carbocycles. The summed E-state index contributed by atoms with van der Waals surface area (Å²) >= 11 is 12.0. The highest BCUT2D eigenvalue weighted by Gasteiger charge is 2.30. The summed E-state index contributed by atoms with van der Waals surface area (Å²) in [5.74, 6) is -0.266. The van der Waals surface area contributed by atoms with Crippen LogP contribution in [0, 0.1) is 0 Å². The molecule has 5 nitrogen and oxygen atoms in total. The molecule has 0 bridgehead atoms. The Balaban J connectivity index is 2.14. The van der Waals surface area contributed by atoms with Crippen LogP contribution in [0.15, 0.2) is 18.2 Å². The summed E-state index contributed by atoms with van der Waals surface area (Å²) in [6, 6.07) is 5.28. The SMILES string of the molecule is CCCC(C(=O)N1CCN(S(C)(=O)=O)CC1)c1ccc(Cl)c(Cl)c1. The number of nitrogens with zero attached hydrogens (tertiary/aromatic N) is 2. The molecular weight excluding hydrogens is 371 g/mol. The van der Waals surface area contributed by atoms with Gasteiger partial charge in [0.15, 0.2) is 0 Å². The van der Waals surface area contributed by atoms with Gasteiger partial charge in [0.25, 0.3) is 0 Å². The van der Waals surface area contributed by atoms with E-state index in [-0.39, 0.29) is 11.8 Å². The van der Waals surface area contributed by atoms with Crippen molar-refractivity contribution in [2.45, 2.75) is 25.7 Å². The van der Waals surface area contributed by atoms with Crippen LogP contribution in [0.2, 0.25) is 10.0 Å². The Labute approximate surface area is 153 Å². The molecule has 0 spiro atoms. The molecule has 24 heavy (non-hydrogen) atoms. The minimum atomic E-state index is -3.20. The minimum Gasteiger partial charge on any atom is -0.340 e. The number of piperazine rings is 1. The van der Waals surface area contributed by atoms with Gasteiger partial charge < -0.3 is 4.90 Å². The summed E-state index contributed by atoms with van der Waals surface area (Å²) in [5.41, 5.74) is 0.849. The number of rotatable bonds is 5. The Hall–Kier alpha value is -0.820. The highest BCUT2D eigenvalue weighted by Crippen LogP contribution is 2.30. The first-order valence-corrected chi connectivity index (χ1v) is 10.5. The van der Waals surface area contributed by atoms with Crippen molar-refractivity contribution in [3.63, 3.8) is 0 Å². The van der Waals surface area contributed by atoms with Gasteiger partial charge in [0.1, 0.15) is 0 Å². The summed E-state index contributed by atoms with van der Waals surface area (Å²) in [6.07, 6.45) is 2.77. The molecule has 1 aliphatic rings. The molecule has 0 N–H and O–H groups in total. The fourth-order valence-corrected chi connectivity index (χ4v) is 4.04. The van der Waals surface area contributed by atoms with Crippen LogP contribution < -0.4 is 0 Å². The van der Waals surface area contributed by atoms with Crippen LogP contribution in [0.3, 0.4) is 0 Å². The molecule has 134 valence electrons. The number of hydrogen-bond donors (Lipinski definition) is 0. The molecule has 0 saturated carbocycles. The van der Waals surface area contributed by atoms with Gasteiger partial charge in [-0.25, -0.2) is 8.42 Å². The lowest BCUT2D eigenvalue weighted by molar-refractivity contribution is -0.134. The fraction of sp³-hybridized carbons (Fsp3) is 0.562. The highest BCUT2D eigenvalue weighted by molar-refractivity contribution is 7.88. The zero-order valence-electron chi connectivity index (χ0n) is 13.8. The molecule has 1 aliphatic heterocycles. The zero-order chi connectivity index (χ0) is 17.9. The summed E-state index contributed by atoms with van der Waals surface area (Å²) in [5, 5.41) is 0.898. The Kier molecular flexibility index (Phi) is 6.53. The van der Waals surface area contributed by atoms with Gasteiger partial charge in [0.2, 0.25) is 15.9 Å². The molecule has 0 aliphatic carbocycles. The number of hydrogen-bond acceptors (Lipinski definition) is 3. The second-order valence-corrected chi connectivity index (χ2v) is 8.80. The van der Waals surface area contributed by atoms with Crippen LogP contribution in [-0.4, -0.2) is 56.0 Å². The number of carbonyl (C=O) groups excluding carboxylic acids is 1. The van der Waals surface area contributed by atoms with E-state index in [1.54, 1.807) is 17.0 Å². The first kappa shape index (κ1) is 19.5. The van der Waals surface area contributed by atoms with E-state index in [1.165, 1.54) is 10.6 Å². The van der Waals surface area contributed by atoms with Gasteiger partial charge in [-0.2, -0.15) is 4.31 Å². The number of amides is 1. The van der Waals surface area contributed by atoms with Crippen LogP contribution in [0.1, 0.15) is 31.2 Å². The molecule has 0 aromatic heterocycles. The summed E-state index contributed by atoms with van der Waals surface area (Å²) < 4.78 is 24.6. The van der Waals surface area contributed by atoms with Crippen molar-refractivity contribution in [1.82, 2.24) is 9.21 Å². The molecule has 1 fully saturated rings. The topological polar surface area (TPSA) is 57.7 Å². The highest BCUT2D eigenvalue weighted by atomic mass is 35.5. The normalized spacial score (nSPS) is 17.8. The average molecular weight is 393 g/mol. The third-order valence-electron chi connectivity index (χ3n) is 4.24. The second kappa shape index (κ2) is 8.04. The van der Waals surface area contributed by atoms with Gasteiger partial charge in [-0.1, -0.05) is 42.6 Å². The maximum atomic E-state index is 12.9. The molecule has 2 rings (SSSR count). The summed E-state index contributed by atoms with van der Waals surface area (Å²) in [6.45, 7) is 3.52. The monoisotopic (exact) mass is 392 g/mol. The largest absolute Gasteiger partial charge is 0.340 e. The van der Waals surface area contributed by atoms with E-state index >= 15 is 0 Å². The summed E-state index contributed by atoms with van der Waals surface area (Å²) in [7, 11) is -3.20. The lowest BCUT2D eigenvalue weighted by Gasteiger charge is -2.35. The minimum absolute atomic E-state index is 0.0170. The van der Waals surface area contributed by atoms with E-state index in [1.807, 2.05) is 13.0 Å². The number of halogens is 2. The maximum absolute atomic E-state index is 12.9. The van der Waals surface area contributed by atoms with Crippen molar-refractivity contribution in [2.75, 3.05) is 32.4 Å². The van der Waals surface area contributed by atoms with Crippen LogP contribution in [-0.2, 0) is 14.8 Å². The van der Waals surface area contributed by atoms with Gasteiger partial charge in [0, 0.05) is 26.2 Å². The maximum Gasteiger partial charge on any atom is 0.230 e. The molecule has 1 heterocycles. The summed E-state index contributed by atoms with van der Waals surface area (Å²) in [4.78, 5) is 14.7. The quantitative estimate of drug-likeness (QED) is 0.773. The molecule has 1 unspecified atom stereocenters. The molecular formula is C16H22Cl2N2O3S. The van der Waals surface area contributed by atoms with Crippen molar-refractivity contribution in [3.05, 3.63) is 33.8 Å². The van der Waals surface area contributed by atoms with E-state index in [9.17, 15) is 13.2 Å². The first-order valence-electron chi connectivity index (χ1n) is 7.93. The number of benzene rings is 1. The first-order chi connectivity index (χ1) is 11.2. The van der Waals surface area contributed by atoms with Gasteiger partial charge in [-0.15, -0.1) is 0 Å². The zero-order valence-corrected chi connectivity index (χ0v) is 16.2. The molecule has 1 amide bonds. The van der Waals surface area contributed by atoms with Crippen LogP contribution in [0.4, 0.5) is 0 Å². The predicted octanol–water partition coefficient (Wildman–Crippen LogP) is 2.98. The Bertz CT molecular complexity index is 701.